The van der Waals surface area contributed by atoms with Crippen molar-refractivity contribution in [1.82, 2.24) is 14.8 Å². The second-order valence-electron chi connectivity index (χ2n) is 5.19. The van der Waals surface area contributed by atoms with E-state index in [1.807, 2.05) is 7.05 Å². The summed E-state index contributed by atoms with van der Waals surface area (Å²) in [5, 5.41) is 0.473. The van der Waals surface area contributed by atoms with Crippen LogP contribution in [0.2, 0.25) is 10.0 Å². The number of piperazine rings is 1. The fraction of sp³-hybridized carbons (Fsp3) is 0.357. The number of carbonyl (C=O) groups excluding carboxylic acids is 1. The Morgan fingerprint density at radius 3 is 2.52 bits per heavy atom. The first-order chi connectivity index (χ1) is 9.99. The van der Waals surface area contributed by atoms with Crippen molar-refractivity contribution in [2.45, 2.75) is 0 Å². The Morgan fingerprint density at radius 1 is 1.19 bits per heavy atom. The van der Waals surface area contributed by atoms with Gasteiger partial charge in [-0.2, -0.15) is 0 Å². The van der Waals surface area contributed by atoms with Gasteiger partial charge in [-0.25, -0.2) is 4.39 Å². The standard InChI is InChI=1S/C14H14Cl2FN3O/c1-19-4-6-20(7-5-19)14(21)13-12(16)10-9(18-13)3-2-8(17)11(10)15/h2-3,18H,4-7H2,1H3. The maximum atomic E-state index is 13.5. The number of nitrogens with zero attached hydrogens (tertiary/aromatic N) is 2. The molecule has 2 heterocycles. The number of hydrogen-bond acceptors (Lipinski definition) is 2. The van der Waals surface area contributed by atoms with E-state index < -0.39 is 5.82 Å². The van der Waals surface area contributed by atoms with E-state index in [9.17, 15) is 9.18 Å². The third-order valence-corrected chi connectivity index (χ3v) is 4.55. The van der Waals surface area contributed by atoms with Gasteiger partial charge in [0.05, 0.1) is 10.0 Å². The van der Waals surface area contributed by atoms with E-state index in [1.165, 1.54) is 12.1 Å². The van der Waals surface area contributed by atoms with E-state index in [4.69, 9.17) is 23.2 Å². The number of rotatable bonds is 1. The topological polar surface area (TPSA) is 39.3 Å². The van der Waals surface area contributed by atoms with E-state index in [1.54, 1.807) is 4.90 Å². The second kappa shape index (κ2) is 5.48. The zero-order chi connectivity index (χ0) is 15.1. The fourth-order valence-electron chi connectivity index (χ4n) is 2.50. The first kappa shape index (κ1) is 14.6. The van der Waals surface area contributed by atoms with Crippen molar-refractivity contribution < 1.29 is 9.18 Å². The first-order valence-corrected chi connectivity index (χ1v) is 7.37. The van der Waals surface area contributed by atoms with Crippen LogP contribution in [0.3, 0.4) is 0 Å². The Bertz CT molecular complexity index is 708. The summed E-state index contributed by atoms with van der Waals surface area (Å²) >= 11 is 12.2. The van der Waals surface area contributed by atoms with Crippen LogP contribution in [-0.4, -0.2) is 53.9 Å². The number of likely N-dealkylation sites (N-methyl/N-ethyl adjacent to an activating group) is 1. The normalized spacial score (nSPS) is 16.7. The van der Waals surface area contributed by atoms with Gasteiger partial charge in [0.2, 0.25) is 0 Å². The highest BCUT2D eigenvalue weighted by Crippen LogP contribution is 2.35. The van der Waals surface area contributed by atoms with E-state index in [2.05, 4.69) is 9.88 Å². The molecule has 1 saturated heterocycles. The smallest absolute Gasteiger partial charge is 0.271 e. The average molecular weight is 330 g/mol. The minimum absolute atomic E-state index is 0.0637. The van der Waals surface area contributed by atoms with E-state index in [0.29, 0.717) is 24.0 Å². The van der Waals surface area contributed by atoms with Crippen molar-refractivity contribution in [3.63, 3.8) is 0 Å². The first-order valence-electron chi connectivity index (χ1n) is 6.62. The van der Waals surface area contributed by atoms with Gasteiger partial charge in [-0.3, -0.25) is 4.79 Å². The van der Waals surface area contributed by atoms with Gasteiger partial charge in [0.15, 0.2) is 0 Å². The van der Waals surface area contributed by atoms with Gasteiger partial charge in [0.1, 0.15) is 11.5 Å². The predicted molar refractivity (Wildman–Crippen MR) is 81.7 cm³/mol. The van der Waals surface area contributed by atoms with E-state index in [0.717, 1.165) is 13.1 Å². The van der Waals surface area contributed by atoms with Crippen LogP contribution in [0.15, 0.2) is 12.1 Å². The molecule has 0 unspecified atom stereocenters. The summed E-state index contributed by atoms with van der Waals surface area (Å²) in [5.74, 6) is -0.732. The Balaban J connectivity index is 1.99. The molecule has 3 rings (SSSR count). The summed E-state index contributed by atoms with van der Waals surface area (Å²) in [7, 11) is 2.01. The van der Waals surface area contributed by atoms with Crippen molar-refractivity contribution in [2.24, 2.45) is 0 Å². The van der Waals surface area contributed by atoms with Crippen LogP contribution in [0.25, 0.3) is 10.9 Å². The fourth-order valence-corrected chi connectivity index (χ4v) is 3.13. The molecule has 0 aliphatic carbocycles. The largest absolute Gasteiger partial charge is 0.349 e. The van der Waals surface area contributed by atoms with Crippen LogP contribution < -0.4 is 0 Å². The summed E-state index contributed by atoms with van der Waals surface area (Å²) in [6.07, 6.45) is 0. The molecule has 1 aliphatic heterocycles. The van der Waals surface area contributed by atoms with Gasteiger partial charge < -0.3 is 14.8 Å². The lowest BCUT2D eigenvalue weighted by Crippen LogP contribution is -2.47. The quantitative estimate of drug-likeness (QED) is 0.873. The molecule has 0 atom stereocenters. The van der Waals surface area contributed by atoms with Gasteiger partial charge in [-0.05, 0) is 19.2 Å². The molecule has 1 aromatic carbocycles. The molecular formula is C14H14Cl2FN3O. The number of fused-ring (bicyclic) bond motifs is 1. The molecule has 7 heteroatoms. The van der Waals surface area contributed by atoms with Crippen LogP contribution >= 0.6 is 23.2 Å². The highest BCUT2D eigenvalue weighted by Gasteiger charge is 2.26. The lowest BCUT2D eigenvalue weighted by Gasteiger charge is -2.32. The number of hydrogen-bond donors (Lipinski definition) is 1. The van der Waals surface area contributed by atoms with Crippen molar-refractivity contribution in [3.05, 3.63) is 33.7 Å². The number of H-pyrrole nitrogens is 1. The van der Waals surface area contributed by atoms with Gasteiger partial charge >= 0.3 is 0 Å². The van der Waals surface area contributed by atoms with Crippen molar-refractivity contribution in [1.29, 1.82) is 0 Å². The predicted octanol–water partition coefficient (Wildman–Crippen LogP) is 3.00. The van der Waals surface area contributed by atoms with Crippen LogP contribution in [0, 0.1) is 5.82 Å². The number of halogens is 3. The summed E-state index contributed by atoms with van der Waals surface area (Å²) in [4.78, 5) is 19.4. The highest BCUT2D eigenvalue weighted by atomic mass is 35.5. The van der Waals surface area contributed by atoms with E-state index >= 15 is 0 Å². The van der Waals surface area contributed by atoms with Gasteiger partial charge in [-0.1, -0.05) is 23.2 Å². The third kappa shape index (κ3) is 2.50. The Hall–Kier alpha value is -1.30. The van der Waals surface area contributed by atoms with Crippen LogP contribution in [-0.2, 0) is 0 Å². The van der Waals surface area contributed by atoms with Crippen LogP contribution in [0.4, 0.5) is 4.39 Å². The van der Waals surface area contributed by atoms with Crippen LogP contribution in [0.1, 0.15) is 10.5 Å². The minimum atomic E-state index is -0.552. The highest BCUT2D eigenvalue weighted by molar-refractivity contribution is 6.44. The zero-order valence-corrected chi connectivity index (χ0v) is 12.9. The maximum absolute atomic E-state index is 13.5. The Morgan fingerprint density at radius 2 is 1.86 bits per heavy atom. The molecule has 1 fully saturated rings. The average Bonchev–Trinajstić information content (AvgIpc) is 2.81. The number of benzene rings is 1. The van der Waals surface area contributed by atoms with Gasteiger partial charge in [-0.15, -0.1) is 0 Å². The Labute approximate surface area is 131 Å². The monoisotopic (exact) mass is 329 g/mol. The van der Waals surface area contributed by atoms with Crippen molar-refractivity contribution >= 4 is 40.0 Å². The SMILES string of the molecule is CN1CCN(C(=O)c2[nH]c3ccc(F)c(Cl)c3c2Cl)CC1. The van der Waals surface area contributed by atoms with Gasteiger partial charge in [0, 0.05) is 37.1 Å². The zero-order valence-electron chi connectivity index (χ0n) is 11.4. The molecule has 112 valence electrons. The number of aromatic amines is 1. The maximum Gasteiger partial charge on any atom is 0.271 e. The molecule has 2 aromatic rings. The minimum Gasteiger partial charge on any atom is -0.349 e. The number of aromatic nitrogens is 1. The molecule has 1 aliphatic rings. The van der Waals surface area contributed by atoms with E-state index in [-0.39, 0.29) is 21.6 Å². The number of nitrogens with one attached hydrogen (secondary N) is 1. The molecule has 0 radical (unpaired) electrons. The Kier molecular flexibility index (Phi) is 3.82. The summed E-state index contributed by atoms with van der Waals surface area (Å²) in [6.45, 7) is 2.92. The molecule has 1 aromatic heterocycles. The molecule has 1 amide bonds. The van der Waals surface area contributed by atoms with Crippen molar-refractivity contribution in [2.75, 3.05) is 33.2 Å². The second-order valence-corrected chi connectivity index (χ2v) is 5.95. The molecule has 0 saturated carbocycles. The summed E-state index contributed by atoms with van der Waals surface area (Å²) in [6, 6.07) is 2.78. The molecule has 0 spiro atoms. The third-order valence-electron chi connectivity index (χ3n) is 3.80. The summed E-state index contributed by atoms with van der Waals surface area (Å²) in [5.41, 5.74) is 0.826. The molecule has 4 nitrogen and oxygen atoms in total. The van der Waals surface area contributed by atoms with Crippen molar-refractivity contribution in [3.8, 4) is 0 Å². The number of carbonyl (C=O) groups is 1. The summed E-state index contributed by atoms with van der Waals surface area (Å²) < 4.78 is 13.5. The lowest BCUT2D eigenvalue weighted by atomic mass is 10.2. The number of amides is 1. The lowest BCUT2D eigenvalue weighted by molar-refractivity contribution is 0.0659. The molecule has 0 bridgehead atoms. The molecular weight excluding hydrogens is 316 g/mol. The van der Waals surface area contributed by atoms with Gasteiger partial charge in [0.25, 0.3) is 5.91 Å². The molecule has 21 heavy (non-hydrogen) atoms. The van der Waals surface area contributed by atoms with Crippen LogP contribution in [0.5, 0.6) is 0 Å². The molecule has 1 N–H and O–H groups in total.